The van der Waals surface area contributed by atoms with E-state index in [1.165, 1.54) is 5.56 Å². The Labute approximate surface area is 185 Å². The number of halogens is 1. The monoisotopic (exact) mass is 416 g/mol. The van der Waals surface area contributed by atoms with Crippen LogP contribution in [0, 0.1) is 11.3 Å². The fraction of sp³-hybridized carbons (Fsp3) is 0.296. The molecule has 0 fully saturated rings. The molecule has 0 saturated carbocycles. The van der Waals surface area contributed by atoms with Crippen molar-refractivity contribution in [3.63, 3.8) is 0 Å². The first-order valence-corrected chi connectivity index (χ1v) is 11.0. The van der Waals surface area contributed by atoms with Gasteiger partial charge in [-0.05, 0) is 67.6 Å². The van der Waals surface area contributed by atoms with Gasteiger partial charge in [-0.2, -0.15) is 5.26 Å². The molecule has 0 aliphatic carbocycles. The van der Waals surface area contributed by atoms with Gasteiger partial charge < -0.3 is 0 Å². The highest BCUT2D eigenvalue weighted by Crippen LogP contribution is 2.33. The number of hydrogen-bond acceptors (Lipinski definition) is 2. The maximum atomic E-state index is 9.93. The minimum Gasteiger partial charge on any atom is -0.297 e. The van der Waals surface area contributed by atoms with Gasteiger partial charge in [-0.15, -0.1) is 0 Å². The molecular weight excluding hydrogens is 388 g/mol. The summed E-state index contributed by atoms with van der Waals surface area (Å²) in [5.74, 6) is -0.150. The first-order valence-electron chi connectivity index (χ1n) is 10.6. The van der Waals surface area contributed by atoms with E-state index in [1.54, 1.807) is 0 Å². The summed E-state index contributed by atoms with van der Waals surface area (Å²) >= 11 is 6.28. The van der Waals surface area contributed by atoms with Crippen LogP contribution in [-0.2, 0) is 6.54 Å². The van der Waals surface area contributed by atoms with Crippen molar-refractivity contribution in [1.29, 1.82) is 5.26 Å². The van der Waals surface area contributed by atoms with Crippen LogP contribution in [0.15, 0.2) is 78.9 Å². The van der Waals surface area contributed by atoms with Gasteiger partial charge in [-0.1, -0.05) is 78.3 Å². The standard InChI is InChI=1S/C27H29ClN2/c1-21(2)30(20-22-10-5-3-6-11-22)17-9-14-24(19-29)26-16-15-25(28)18-27(26)23-12-7-4-8-13-23/h3-8,10-13,15-16,18,21,24H,9,14,17,20H2,1-2H3. The average Bonchev–Trinajstić information content (AvgIpc) is 2.77. The molecule has 3 aromatic rings. The Morgan fingerprint density at radius 2 is 1.60 bits per heavy atom. The van der Waals surface area contributed by atoms with Gasteiger partial charge in [-0.3, -0.25) is 4.90 Å². The molecule has 0 saturated heterocycles. The summed E-state index contributed by atoms with van der Waals surface area (Å²) in [5, 5.41) is 10.6. The SMILES string of the molecule is CC(C)N(CCCC(C#N)c1ccc(Cl)cc1-c1ccccc1)Cc1ccccc1. The summed E-state index contributed by atoms with van der Waals surface area (Å²) in [6, 6.07) is 29.7. The maximum Gasteiger partial charge on any atom is 0.0719 e. The molecule has 0 spiro atoms. The van der Waals surface area contributed by atoms with Crippen LogP contribution in [0.5, 0.6) is 0 Å². The van der Waals surface area contributed by atoms with E-state index >= 15 is 0 Å². The van der Waals surface area contributed by atoms with E-state index in [2.05, 4.69) is 67.3 Å². The number of benzene rings is 3. The number of nitrogens with zero attached hydrogens (tertiary/aromatic N) is 2. The molecular formula is C27H29ClN2. The highest BCUT2D eigenvalue weighted by Gasteiger charge is 2.18. The van der Waals surface area contributed by atoms with Crippen molar-refractivity contribution in [3.8, 4) is 17.2 Å². The highest BCUT2D eigenvalue weighted by molar-refractivity contribution is 6.30. The zero-order valence-electron chi connectivity index (χ0n) is 17.8. The smallest absolute Gasteiger partial charge is 0.0719 e. The third-order valence-corrected chi connectivity index (χ3v) is 5.76. The van der Waals surface area contributed by atoms with Gasteiger partial charge in [0.25, 0.3) is 0 Å². The lowest BCUT2D eigenvalue weighted by molar-refractivity contribution is 0.208. The van der Waals surface area contributed by atoms with E-state index < -0.39 is 0 Å². The van der Waals surface area contributed by atoms with Crippen LogP contribution in [0.25, 0.3) is 11.1 Å². The van der Waals surface area contributed by atoms with Crippen LogP contribution in [0.4, 0.5) is 0 Å². The summed E-state index contributed by atoms with van der Waals surface area (Å²) in [6.07, 6.45) is 1.80. The predicted molar refractivity (Wildman–Crippen MR) is 126 cm³/mol. The van der Waals surface area contributed by atoms with Crippen molar-refractivity contribution in [2.45, 2.75) is 45.2 Å². The summed E-state index contributed by atoms with van der Waals surface area (Å²) in [5.41, 5.74) is 4.54. The van der Waals surface area contributed by atoms with Crippen LogP contribution in [-0.4, -0.2) is 17.5 Å². The van der Waals surface area contributed by atoms with Crippen LogP contribution >= 0.6 is 11.6 Å². The van der Waals surface area contributed by atoms with Gasteiger partial charge in [0, 0.05) is 17.6 Å². The normalized spacial score (nSPS) is 12.1. The summed E-state index contributed by atoms with van der Waals surface area (Å²) in [6.45, 7) is 6.37. The van der Waals surface area contributed by atoms with Crippen LogP contribution < -0.4 is 0 Å². The van der Waals surface area contributed by atoms with E-state index in [-0.39, 0.29) is 5.92 Å². The average molecular weight is 417 g/mol. The van der Waals surface area contributed by atoms with Crippen molar-refractivity contribution in [2.75, 3.05) is 6.54 Å². The first kappa shape index (κ1) is 22.1. The molecule has 0 aromatic heterocycles. The zero-order chi connectivity index (χ0) is 21.3. The van der Waals surface area contributed by atoms with E-state index in [0.29, 0.717) is 11.1 Å². The summed E-state index contributed by atoms with van der Waals surface area (Å²) in [7, 11) is 0. The van der Waals surface area contributed by atoms with E-state index in [9.17, 15) is 5.26 Å². The zero-order valence-corrected chi connectivity index (χ0v) is 18.5. The van der Waals surface area contributed by atoms with Gasteiger partial charge in [-0.25, -0.2) is 0 Å². The van der Waals surface area contributed by atoms with Gasteiger partial charge >= 0.3 is 0 Å². The summed E-state index contributed by atoms with van der Waals surface area (Å²) in [4.78, 5) is 2.48. The molecule has 3 heteroatoms. The van der Waals surface area contributed by atoms with Crippen LogP contribution in [0.2, 0.25) is 5.02 Å². The third kappa shape index (κ3) is 5.95. The van der Waals surface area contributed by atoms with Gasteiger partial charge in [0.2, 0.25) is 0 Å². The second kappa shape index (κ2) is 11.0. The van der Waals surface area contributed by atoms with Gasteiger partial charge in [0.15, 0.2) is 0 Å². The predicted octanol–water partition coefficient (Wildman–Crippen LogP) is 7.30. The number of hydrogen-bond donors (Lipinski definition) is 0. The molecule has 0 radical (unpaired) electrons. The van der Waals surface area contributed by atoms with Crippen LogP contribution in [0.1, 0.15) is 43.7 Å². The Bertz CT molecular complexity index is 961. The molecule has 0 heterocycles. The minimum absolute atomic E-state index is 0.150. The molecule has 1 unspecified atom stereocenters. The molecule has 1 atom stereocenters. The van der Waals surface area contributed by atoms with Gasteiger partial charge in [0.05, 0.1) is 12.0 Å². The van der Waals surface area contributed by atoms with Crippen molar-refractivity contribution < 1.29 is 0 Å². The first-order chi connectivity index (χ1) is 14.6. The largest absolute Gasteiger partial charge is 0.297 e. The highest BCUT2D eigenvalue weighted by atomic mass is 35.5. The summed E-state index contributed by atoms with van der Waals surface area (Å²) < 4.78 is 0. The second-order valence-electron chi connectivity index (χ2n) is 7.97. The molecule has 0 bridgehead atoms. The topological polar surface area (TPSA) is 27.0 Å². The Hall–Kier alpha value is -2.60. The number of nitriles is 1. The lowest BCUT2D eigenvalue weighted by Crippen LogP contribution is -2.31. The molecule has 2 nitrogen and oxygen atoms in total. The van der Waals surface area contributed by atoms with E-state index in [4.69, 9.17) is 11.6 Å². The van der Waals surface area contributed by atoms with Crippen molar-refractivity contribution >= 4 is 11.6 Å². The van der Waals surface area contributed by atoms with Crippen LogP contribution in [0.3, 0.4) is 0 Å². The molecule has 0 N–H and O–H groups in total. The third-order valence-electron chi connectivity index (χ3n) is 5.53. The van der Waals surface area contributed by atoms with E-state index in [1.807, 2.05) is 36.4 Å². The lowest BCUT2D eigenvalue weighted by atomic mass is 9.88. The fourth-order valence-electron chi connectivity index (χ4n) is 3.83. The molecule has 154 valence electrons. The van der Waals surface area contributed by atoms with Gasteiger partial charge in [0.1, 0.15) is 0 Å². The lowest BCUT2D eigenvalue weighted by Gasteiger charge is -2.27. The van der Waals surface area contributed by atoms with Crippen molar-refractivity contribution in [1.82, 2.24) is 4.90 Å². The Kier molecular flexibility index (Phi) is 8.08. The Morgan fingerprint density at radius 3 is 2.23 bits per heavy atom. The Balaban J connectivity index is 1.71. The van der Waals surface area contributed by atoms with Crippen molar-refractivity contribution in [3.05, 3.63) is 95.0 Å². The second-order valence-corrected chi connectivity index (χ2v) is 8.41. The molecule has 0 aliphatic heterocycles. The molecule has 3 rings (SSSR count). The fourth-order valence-corrected chi connectivity index (χ4v) is 4.00. The Morgan fingerprint density at radius 1 is 0.933 bits per heavy atom. The molecule has 3 aromatic carbocycles. The number of rotatable bonds is 9. The molecule has 0 aliphatic rings. The van der Waals surface area contributed by atoms with Crippen molar-refractivity contribution in [2.24, 2.45) is 0 Å². The quantitative estimate of drug-likeness (QED) is 0.365. The molecule has 30 heavy (non-hydrogen) atoms. The maximum absolute atomic E-state index is 9.93. The minimum atomic E-state index is -0.150. The van der Waals surface area contributed by atoms with E-state index in [0.717, 1.165) is 42.6 Å². The molecule has 0 amide bonds.